The Labute approximate surface area is 163 Å². The zero-order chi connectivity index (χ0) is 18.8. The van der Waals surface area contributed by atoms with Crippen molar-refractivity contribution in [2.75, 3.05) is 26.3 Å². The number of hydrogen-bond acceptors (Lipinski definition) is 4. The van der Waals surface area contributed by atoms with Crippen molar-refractivity contribution in [1.82, 2.24) is 15.2 Å². The third-order valence-corrected chi connectivity index (χ3v) is 6.09. The summed E-state index contributed by atoms with van der Waals surface area (Å²) in [6, 6.07) is 10.4. The molecule has 1 saturated heterocycles. The van der Waals surface area contributed by atoms with Gasteiger partial charge in [-0.2, -0.15) is 0 Å². The molecule has 27 heavy (non-hydrogen) atoms. The molecule has 2 aromatic heterocycles. The number of aromatic amines is 1. The fourth-order valence-electron chi connectivity index (χ4n) is 3.46. The molecule has 3 heterocycles. The SMILES string of the molecule is Cc1ccc(CNC(=O)c2[nH]c3cc(C)sc3c2CN2CCOCC2)cc1. The third kappa shape index (κ3) is 4.08. The van der Waals surface area contributed by atoms with E-state index in [2.05, 4.69) is 59.4 Å². The Balaban J connectivity index is 1.55. The van der Waals surface area contributed by atoms with E-state index in [-0.39, 0.29) is 5.91 Å². The molecule has 0 spiro atoms. The summed E-state index contributed by atoms with van der Waals surface area (Å²) in [5.41, 5.74) is 5.17. The number of aryl methyl sites for hydroxylation is 2. The zero-order valence-electron chi connectivity index (χ0n) is 15.8. The summed E-state index contributed by atoms with van der Waals surface area (Å²) in [4.78, 5) is 19.9. The lowest BCUT2D eigenvalue weighted by molar-refractivity contribution is 0.0342. The van der Waals surface area contributed by atoms with Gasteiger partial charge in [0.05, 0.1) is 23.4 Å². The molecule has 142 valence electrons. The number of fused-ring (bicyclic) bond motifs is 1. The van der Waals surface area contributed by atoms with Crippen LogP contribution in [0.25, 0.3) is 10.2 Å². The summed E-state index contributed by atoms with van der Waals surface area (Å²) >= 11 is 1.75. The molecule has 0 atom stereocenters. The predicted octanol–water partition coefficient (Wildman–Crippen LogP) is 3.61. The maximum Gasteiger partial charge on any atom is 0.268 e. The van der Waals surface area contributed by atoms with Gasteiger partial charge in [0.2, 0.25) is 0 Å². The molecule has 1 amide bonds. The fraction of sp³-hybridized carbons (Fsp3) is 0.381. The molecule has 0 unspecified atom stereocenters. The van der Waals surface area contributed by atoms with Crippen molar-refractivity contribution in [3.05, 3.63) is 57.6 Å². The monoisotopic (exact) mass is 383 g/mol. The number of thiophene rings is 1. The highest BCUT2D eigenvalue weighted by molar-refractivity contribution is 7.19. The molecule has 5 nitrogen and oxygen atoms in total. The van der Waals surface area contributed by atoms with Gasteiger partial charge in [-0.05, 0) is 25.5 Å². The van der Waals surface area contributed by atoms with Crippen LogP contribution in [0.3, 0.4) is 0 Å². The quantitative estimate of drug-likeness (QED) is 0.708. The van der Waals surface area contributed by atoms with Gasteiger partial charge in [0, 0.05) is 36.6 Å². The minimum atomic E-state index is -0.0418. The highest BCUT2D eigenvalue weighted by Crippen LogP contribution is 2.31. The summed E-state index contributed by atoms with van der Waals surface area (Å²) in [6.07, 6.45) is 0. The standard InChI is InChI=1S/C21H25N3O2S/c1-14-3-5-16(6-4-14)12-22-21(25)19-17(13-24-7-9-26-10-8-24)20-18(23-19)11-15(2)27-20/h3-6,11,23H,7-10,12-13H2,1-2H3,(H,22,25). The molecule has 2 N–H and O–H groups in total. The number of carbonyl (C=O) groups excluding carboxylic acids is 1. The van der Waals surface area contributed by atoms with Gasteiger partial charge in [0.15, 0.2) is 0 Å². The van der Waals surface area contributed by atoms with Crippen LogP contribution in [0, 0.1) is 13.8 Å². The molecule has 1 fully saturated rings. The molecule has 6 heteroatoms. The number of nitrogens with one attached hydrogen (secondary N) is 2. The maximum absolute atomic E-state index is 12.9. The number of benzene rings is 1. The highest BCUT2D eigenvalue weighted by atomic mass is 32.1. The number of amides is 1. The lowest BCUT2D eigenvalue weighted by Crippen LogP contribution is -2.36. The summed E-state index contributed by atoms with van der Waals surface area (Å²) in [7, 11) is 0. The molecule has 4 rings (SSSR count). The topological polar surface area (TPSA) is 57.4 Å². The van der Waals surface area contributed by atoms with Crippen LogP contribution in [0.15, 0.2) is 30.3 Å². The van der Waals surface area contributed by atoms with E-state index in [1.54, 1.807) is 11.3 Å². The Kier molecular flexibility index (Phi) is 5.29. The number of hydrogen-bond donors (Lipinski definition) is 2. The number of morpholine rings is 1. The lowest BCUT2D eigenvalue weighted by Gasteiger charge is -2.26. The first-order valence-corrected chi connectivity index (χ1v) is 10.2. The van der Waals surface area contributed by atoms with Crippen molar-refractivity contribution in [3.8, 4) is 0 Å². The molecular weight excluding hydrogens is 358 g/mol. The average molecular weight is 384 g/mol. The Bertz CT molecular complexity index is 936. The van der Waals surface area contributed by atoms with Gasteiger partial charge in [0.25, 0.3) is 5.91 Å². The first kappa shape index (κ1) is 18.2. The Hall–Kier alpha value is -2.15. The minimum Gasteiger partial charge on any atom is -0.379 e. The molecule has 1 aromatic carbocycles. The van der Waals surface area contributed by atoms with Crippen molar-refractivity contribution >= 4 is 27.5 Å². The highest BCUT2D eigenvalue weighted by Gasteiger charge is 2.22. The Morgan fingerprint density at radius 1 is 1.22 bits per heavy atom. The van der Waals surface area contributed by atoms with Crippen LogP contribution in [-0.2, 0) is 17.8 Å². The zero-order valence-corrected chi connectivity index (χ0v) is 16.6. The van der Waals surface area contributed by atoms with Crippen LogP contribution in [0.5, 0.6) is 0 Å². The molecule has 0 bridgehead atoms. The van der Waals surface area contributed by atoms with E-state index in [4.69, 9.17) is 4.74 Å². The Morgan fingerprint density at radius 3 is 2.70 bits per heavy atom. The van der Waals surface area contributed by atoms with Gasteiger partial charge in [-0.3, -0.25) is 9.69 Å². The van der Waals surface area contributed by atoms with E-state index in [1.807, 2.05) is 0 Å². The van der Waals surface area contributed by atoms with E-state index in [0.717, 1.165) is 49.5 Å². The first-order chi connectivity index (χ1) is 13.1. The van der Waals surface area contributed by atoms with E-state index in [0.29, 0.717) is 12.2 Å². The summed E-state index contributed by atoms with van der Waals surface area (Å²) in [5.74, 6) is -0.0418. The number of carbonyl (C=O) groups is 1. The van der Waals surface area contributed by atoms with E-state index < -0.39 is 0 Å². The lowest BCUT2D eigenvalue weighted by atomic mass is 10.1. The summed E-state index contributed by atoms with van der Waals surface area (Å²) in [5, 5.41) is 3.07. The van der Waals surface area contributed by atoms with Crippen LogP contribution in [-0.4, -0.2) is 42.1 Å². The second-order valence-electron chi connectivity index (χ2n) is 7.14. The summed E-state index contributed by atoms with van der Waals surface area (Å²) in [6.45, 7) is 8.79. The fourth-order valence-corrected chi connectivity index (χ4v) is 4.47. The Morgan fingerprint density at radius 2 is 1.96 bits per heavy atom. The molecule has 0 saturated carbocycles. The number of H-pyrrole nitrogens is 1. The smallest absolute Gasteiger partial charge is 0.268 e. The van der Waals surface area contributed by atoms with Gasteiger partial charge in [-0.1, -0.05) is 29.8 Å². The van der Waals surface area contributed by atoms with Crippen molar-refractivity contribution < 1.29 is 9.53 Å². The van der Waals surface area contributed by atoms with Crippen molar-refractivity contribution in [1.29, 1.82) is 0 Å². The summed E-state index contributed by atoms with van der Waals surface area (Å²) < 4.78 is 6.65. The molecule has 0 radical (unpaired) electrons. The van der Waals surface area contributed by atoms with Gasteiger partial charge >= 0.3 is 0 Å². The van der Waals surface area contributed by atoms with Gasteiger partial charge < -0.3 is 15.0 Å². The number of ether oxygens (including phenoxy) is 1. The van der Waals surface area contributed by atoms with Crippen LogP contribution < -0.4 is 5.32 Å². The van der Waals surface area contributed by atoms with Crippen molar-refractivity contribution in [2.24, 2.45) is 0 Å². The second-order valence-corrected chi connectivity index (χ2v) is 8.39. The maximum atomic E-state index is 12.9. The van der Waals surface area contributed by atoms with Gasteiger partial charge in [0.1, 0.15) is 5.69 Å². The van der Waals surface area contributed by atoms with Crippen LogP contribution in [0.2, 0.25) is 0 Å². The van der Waals surface area contributed by atoms with Crippen LogP contribution >= 0.6 is 11.3 Å². The number of aromatic nitrogens is 1. The minimum absolute atomic E-state index is 0.0418. The van der Waals surface area contributed by atoms with Crippen LogP contribution in [0.4, 0.5) is 0 Å². The first-order valence-electron chi connectivity index (χ1n) is 9.35. The number of rotatable bonds is 5. The molecule has 1 aliphatic rings. The molecule has 0 aliphatic carbocycles. The normalized spacial score (nSPS) is 15.3. The van der Waals surface area contributed by atoms with E-state index in [1.165, 1.54) is 15.1 Å². The van der Waals surface area contributed by atoms with Crippen molar-refractivity contribution in [2.45, 2.75) is 26.9 Å². The van der Waals surface area contributed by atoms with E-state index in [9.17, 15) is 4.79 Å². The van der Waals surface area contributed by atoms with Gasteiger partial charge in [-0.15, -0.1) is 11.3 Å². The molecule has 1 aliphatic heterocycles. The van der Waals surface area contributed by atoms with Crippen molar-refractivity contribution in [3.63, 3.8) is 0 Å². The predicted molar refractivity (Wildman–Crippen MR) is 109 cm³/mol. The largest absolute Gasteiger partial charge is 0.379 e. The van der Waals surface area contributed by atoms with E-state index >= 15 is 0 Å². The second kappa shape index (κ2) is 7.84. The molecular formula is C21H25N3O2S. The van der Waals surface area contributed by atoms with Crippen LogP contribution in [0.1, 0.15) is 32.1 Å². The number of nitrogens with zero attached hydrogens (tertiary/aromatic N) is 1. The average Bonchev–Trinajstić information content (AvgIpc) is 3.19. The molecule has 3 aromatic rings. The third-order valence-electron chi connectivity index (χ3n) is 4.98. The van der Waals surface area contributed by atoms with Gasteiger partial charge in [-0.25, -0.2) is 0 Å².